The van der Waals surface area contributed by atoms with Crippen molar-refractivity contribution < 1.29 is 24.2 Å². The molecular formula is C18H26N2O5. The zero-order valence-corrected chi connectivity index (χ0v) is 14.9. The van der Waals surface area contributed by atoms with Gasteiger partial charge in [-0.1, -0.05) is 13.0 Å². The number of carboxylic acids is 1. The summed E-state index contributed by atoms with van der Waals surface area (Å²) in [7, 11) is 3.13. The predicted octanol–water partition coefficient (Wildman–Crippen LogP) is 1.30. The van der Waals surface area contributed by atoms with Gasteiger partial charge in [0, 0.05) is 12.1 Å². The van der Waals surface area contributed by atoms with Crippen LogP contribution in [0.5, 0.6) is 11.5 Å². The maximum atomic E-state index is 12.2. The first-order valence-corrected chi connectivity index (χ1v) is 8.42. The molecule has 1 saturated carbocycles. The minimum atomic E-state index is -0.817. The fourth-order valence-corrected chi connectivity index (χ4v) is 3.13. The number of carboxylic acid groups (broad SMARTS) is 1. The van der Waals surface area contributed by atoms with Crippen LogP contribution >= 0.6 is 0 Å². The van der Waals surface area contributed by atoms with Gasteiger partial charge >= 0.3 is 5.97 Å². The van der Waals surface area contributed by atoms with Gasteiger partial charge in [0.1, 0.15) is 0 Å². The molecule has 0 saturated heterocycles. The van der Waals surface area contributed by atoms with Crippen LogP contribution in [-0.4, -0.2) is 61.3 Å². The molecule has 0 bridgehead atoms. The van der Waals surface area contributed by atoms with Gasteiger partial charge < -0.3 is 19.9 Å². The number of carbonyl (C=O) groups excluding carboxylic acids is 1. The molecule has 0 radical (unpaired) electrons. The van der Waals surface area contributed by atoms with Crippen molar-refractivity contribution in [3.8, 4) is 11.5 Å². The largest absolute Gasteiger partial charge is 0.493 e. The summed E-state index contributed by atoms with van der Waals surface area (Å²) in [5, 5.41) is 11.9. The molecule has 1 fully saturated rings. The number of carbonyl (C=O) groups is 2. The summed E-state index contributed by atoms with van der Waals surface area (Å²) in [5.41, 5.74) is 0.854. The van der Waals surface area contributed by atoms with Gasteiger partial charge in [-0.2, -0.15) is 0 Å². The van der Waals surface area contributed by atoms with Crippen LogP contribution in [0.3, 0.4) is 0 Å². The number of amides is 1. The summed E-state index contributed by atoms with van der Waals surface area (Å²) in [4.78, 5) is 25.0. The summed E-state index contributed by atoms with van der Waals surface area (Å²) in [6.07, 6.45) is 1.85. The van der Waals surface area contributed by atoms with Crippen molar-refractivity contribution in [2.75, 3.05) is 27.3 Å². The highest BCUT2D eigenvalue weighted by atomic mass is 16.5. The van der Waals surface area contributed by atoms with Gasteiger partial charge in [0.15, 0.2) is 11.5 Å². The second-order valence-corrected chi connectivity index (χ2v) is 6.21. The number of rotatable bonds is 9. The molecule has 138 valence electrons. The third-order valence-electron chi connectivity index (χ3n) is 4.55. The Morgan fingerprint density at radius 3 is 2.48 bits per heavy atom. The van der Waals surface area contributed by atoms with E-state index in [1.54, 1.807) is 26.4 Å². The SMILES string of the molecule is CCN(CC(=O)O)C1CC(NC(=O)Cc2ccc(OC)c(OC)c2)C1. The second-order valence-electron chi connectivity index (χ2n) is 6.21. The van der Waals surface area contributed by atoms with Crippen molar-refractivity contribution in [2.24, 2.45) is 0 Å². The summed E-state index contributed by atoms with van der Waals surface area (Å²) in [5.74, 6) is 0.370. The molecular weight excluding hydrogens is 324 g/mol. The molecule has 1 amide bonds. The van der Waals surface area contributed by atoms with Crippen LogP contribution < -0.4 is 14.8 Å². The first kappa shape index (κ1) is 19.1. The molecule has 1 aromatic rings. The van der Waals surface area contributed by atoms with Crippen LogP contribution in [0.1, 0.15) is 25.3 Å². The molecule has 0 aliphatic heterocycles. The lowest BCUT2D eigenvalue weighted by molar-refractivity contribution is -0.139. The van der Waals surface area contributed by atoms with E-state index < -0.39 is 5.97 Å². The van der Waals surface area contributed by atoms with Crippen molar-refractivity contribution in [2.45, 2.75) is 38.3 Å². The summed E-state index contributed by atoms with van der Waals surface area (Å²) in [6, 6.07) is 5.77. The van der Waals surface area contributed by atoms with Crippen molar-refractivity contribution in [1.82, 2.24) is 10.2 Å². The van der Waals surface area contributed by atoms with E-state index in [2.05, 4.69) is 5.32 Å². The van der Waals surface area contributed by atoms with E-state index in [9.17, 15) is 9.59 Å². The van der Waals surface area contributed by atoms with Crippen LogP contribution in [0, 0.1) is 0 Å². The molecule has 1 aromatic carbocycles. The van der Waals surface area contributed by atoms with E-state index >= 15 is 0 Å². The minimum absolute atomic E-state index is 0.0445. The van der Waals surface area contributed by atoms with Gasteiger partial charge in [-0.15, -0.1) is 0 Å². The molecule has 7 nitrogen and oxygen atoms in total. The van der Waals surface area contributed by atoms with Gasteiger partial charge in [-0.25, -0.2) is 0 Å². The molecule has 0 unspecified atom stereocenters. The van der Waals surface area contributed by atoms with Gasteiger partial charge in [0.05, 0.1) is 27.2 Å². The Balaban J connectivity index is 1.81. The standard InChI is InChI=1S/C18H26N2O5/c1-4-20(11-18(22)23)14-9-13(10-14)19-17(21)8-12-5-6-15(24-2)16(7-12)25-3/h5-7,13-14H,4,8-11H2,1-3H3,(H,19,21)(H,22,23). The van der Waals surface area contributed by atoms with E-state index in [-0.39, 0.29) is 31.0 Å². The van der Waals surface area contributed by atoms with Crippen molar-refractivity contribution >= 4 is 11.9 Å². The highest BCUT2D eigenvalue weighted by Crippen LogP contribution is 2.28. The Morgan fingerprint density at radius 2 is 1.92 bits per heavy atom. The lowest BCUT2D eigenvalue weighted by Gasteiger charge is -2.42. The molecule has 0 atom stereocenters. The minimum Gasteiger partial charge on any atom is -0.493 e. The number of aliphatic carboxylic acids is 1. The Kier molecular flexibility index (Phi) is 6.64. The van der Waals surface area contributed by atoms with Gasteiger partial charge in [-0.05, 0) is 37.1 Å². The Labute approximate surface area is 147 Å². The summed E-state index contributed by atoms with van der Waals surface area (Å²) >= 11 is 0. The molecule has 0 heterocycles. The number of hydrogen-bond acceptors (Lipinski definition) is 5. The predicted molar refractivity (Wildman–Crippen MR) is 93.1 cm³/mol. The number of methoxy groups -OCH3 is 2. The molecule has 7 heteroatoms. The average Bonchev–Trinajstić information content (AvgIpc) is 2.55. The van der Waals surface area contributed by atoms with Crippen LogP contribution in [0.15, 0.2) is 18.2 Å². The maximum Gasteiger partial charge on any atom is 0.317 e. The average molecular weight is 350 g/mol. The maximum absolute atomic E-state index is 12.2. The van der Waals surface area contributed by atoms with E-state index in [1.807, 2.05) is 17.9 Å². The first-order chi connectivity index (χ1) is 12.0. The van der Waals surface area contributed by atoms with Crippen molar-refractivity contribution in [1.29, 1.82) is 0 Å². The number of nitrogens with zero attached hydrogens (tertiary/aromatic N) is 1. The van der Waals surface area contributed by atoms with Gasteiger partial charge in [0.25, 0.3) is 0 Å². The van der Waals surface area contributed by atoms with Crippen molar-refractivity contribution in [3.05, 3.63) is 23.8 Å². The lowest BCUT2D eigenvalue weighted by Crippen LogP contribution is -2.55. The molecule has 2 N–H and O–H groups in total. The fourth-order valence-electron chi connectivity index (χ4n) is 3.13. The number of benzene rings is 1. The monoisotopic (exact) mass is 350 g/mol. The highest BCUT2D eigenvalue weighted by Gasteiger charge is 2.34. The summed E-state index contributed by atoms with van der Waals surface area (Å²) < 4.78 is 10.4. The molecule has 1 aliphatic rings. The Bertz CT molecular complexity index is 613. The zero-order chi connectivity index (χ0) is 18.4. The molecule has 2 rings (SSSR count). The number of ether oxygens (including phenoxy) is 2. The van der Waals surface area contributed by atoms with E-state index in [0.29, 0.717) is 18.0 Å². The molecule has 25 heavy (non-hydrogen) atoms. The quantitative estimate of drug-likeness (QED) is 0.698. The second kappa shape index (κ2) is 8.71. The van der Waals surface area contributed by atoms with Gasteiger partial charge in [-0.3, -0.25) is 14.5 Å². The van der Waals surface area contributed by atoms with Crippen LogP contribution in [0.2, 0.25) is 0 Å². The van der Waals surface area contributed by atoms with E-state index in [1.165, 1.54) is 0 Å². The first-order valence-electron chi connectivity index (χ1n) is 8.42. The number of hydrogen-bond donors (Lipinski definition) is 2. The van der Waals surface area contributed by atoms with E-state index in [0.717, 1.165) is 18.4 Å². The van der Waals surface area contributed by atoms with Crippen LogP contribution in [0.4, 0.5) is 0 Å². The smallest absolute Gasteiger partial charge is 0.317 e. The molecule has 1 aliphatic carbocycles. The lowest BCUT2D eigenvalue weighted by atomic mass is 9.85. The van der Waals surface area contributed by atoms with Crippen molar-refractivity contribution in [3.63, 3.8) is 0 Å². The third kappa shape index (κ3) is 5.09. The highest BCUT2D eigenvalue weighted by molar-refractivity contribution is 5.79. The Morgan fingerprint density at radius 1 is 1.24 bits per heavy atom. The Hall–Kier alpha value is -2.28. The molecule has 0 spiro atoms. The zero-order valence-electron chi connectivity index (χ0n) is 14.9. The topological polar surface area (TPSA) is 88.1 Å². The van der Waals surface area contributed by atoms with E-state index in [4.69, 9.17) is 14.6 Å². The van der Waals surface area contributed by atoms with Crippen LogP contribution in [0.25, 0.3) is 0 Å². The molecule has 0 aromatic heterocycles. The van der Waals surface area contributed by atoms with Crippen LogP contribution in [-0.2, 0) is 16.0 Å². The summed E-state index contributed by atoms with van der Waals surface area (Å²) in [6.45, 7) is 2.70. The third-order valence-corrected chi connectivity index (χ3v) is 4.55. The van der Waals surface area contributed by atoms with Gasteiger partial charge in [0.2, 0.25) is 5.91 Å². The number of nitrogens with one attached hydrogen (secondary N) is 1. The fraction of sp³-hybridized carbons (Fsp3) is 0.556. The normalized spacial score (nSPS) is 19.2. The number of likely N-dealkylation sites (N-methyl/N-ethyl adjacent to an activating group) is 1.